The summed E-state index contributed by atoms with van der Waals surface area (Å²) in [6.07, 6.45) is 7.54. The number of nitrogens with zero attached hydrogens (tertiary/aromatic N) is 1. The van der Waals surface area contributed by atoms with Gasteiger partial charge in [-0.1, -0.05) is 37.3 Å². The molecule has 12 atom stereocenters. The Kier molecular flexibility index (Phi) is 6.52. The lowest BCUT2D eigenvalue weighted by Gasteiger charge is -2.69. The van der Waals surface area contributed by atoms with Crippen LogP contribution >= 0.6 is 0 Å². The average Bonchev–Trinajstić information content (AvgIpc) is 3.41. The number of piperidine rings is 1. The van der Waals surface area contributed by atoms with Crippen LogP contribution in [0.5, 0.6) is 0 Å². The smallest absolute Gasteiger partial charge is 0.331 e. The van der Waals surface area contributed by atoms with Gasteiger partial charge in [-0.05, 0) is 55.7 Å². The standard InChI is InChI=1S/C33H45NO6/c1-5-34-18-31(19-37-2)14-13-26(39-4)33-22-15-21-24(38-3)17-32(36,23(30(33)34)16-25(31)33)28(22)29(21)40-27(35)12-11-20-9-7-6-8-10-20/h6-12,21-26,28-30,36H,5,13-19H2,1-4H3/b12-11+/t21-,22-,23+,24+,25-,26+,28-,29+,30-,31+,32+,33-/m1/s1. The van der Waals surface area contributed by atoms with Gasteiger partial charge in [-0.25, -0.2) is 4.79 Å². The van der Waals surface area contributed by atoms with Crippen molar-refractivity contribution >= 4 is 12.0 Å². The highest BCUT2D eigenvalue weighted by atomic mass is 16.5. The van der Waals surface area contributed by atoms with Gasteiger partial charge in [-0.15, -0.1) is 0 Å². The van der Waals surface area contributed by atoms with E-state index in [0.717, 1.165) is 50.9 Å². The fourth-order valence-electron chi connectivity index (χ4n) is 11.7. The Morgan fingerprint density at radius 2 is 1.93 bits per heavy atom. The molecule has 40 heavy (non-hydrogen) atoms. The van der Waals surface area contributed by atoms with Crippen molar-refractivity contribution in [2.75, 3.05) is 41.0 Å². The first kappa shape index (κ1) is 27.1. The molecular formula is C33H45NO6. The minimum atomic E-state index is -0.950. The van der Waals surface area contributed by atoms with E-state index < -0.39 is 5.60 Å². The van der Waals surface area contributed by atoms with Crippen molar-refractivity contribution in [3.63, 3.8) is 0 Å². The van der Waals surface area contributed by atoms with Gasteiger partial charge < -0.3 is 24.1 Å². The molecule has 7 rings (SSSR count). The summed E-state index contributed by atoms with van der Waals surface area (Å²) in [5.74, 6) is 0.316. The molecule has 1 spiro atoms. The van der Waals surface area contributed by atoms with Crippen LogP contribution in [-0.4, -0.2) is 87.0 Å². The number of carbonyl (C=O) groups excluding carboxylic acids is 1. The van der Waals surface area contributed by atoms with Crippen LogP contribution in [0.3, 0.4) is 0 Å². The van der Waals surface area contributed by atoms with Crippen molar-refractivity contribution in [3.8, 4) is 0 Å². The molecular weight excluding hydrogens is 506 g/mol. The molecule has 7 nitrogen and oxygen atoms in total. The Morgan fingerprint density at radius 1 is 1.12 bits per heavy atom. The zero-order valence-corrected chi connectivity index (χ0v) is 24.3. The van der Waals surface area contributed by atoms with E-state index in [1.165, 1.54) is 6.08 Å². The molecule has 1 N–H and O–H groups in total. The molecule has 1 aromatic rings. The third kappa shape index (κ3) is 3.39. The van der Waals surface area contributed by atoms with Gasteiger partial charge in [0, 0.05) is 75.0 Å². The maximum Gasteiger partial charge on any atom is 0.331 e. The Bertz CT molecular complexity index is 1160. The molecule has 1 heterocycles. The van der Waals surface area contributed by atoms with E-state index >= 15 is 0 Å². The first-order valence-corrected chi connectivity index (χ1v) is 15.3. The zero-order chi connectivity index (χ0) is 27.9. The Balaban J connectivity index is 1.31. The van der Waals surface area contributed by atoms with Crippen LogP contribution in [0.1, 0.15) is 44.6 Å². The monoisotopic (exact) mass is 551 g/mol. The SMILES string of the molecule is CCN1C[C@]2(COC)CC[C@H](OC)[C@@]34[C@@H]5C[C@H]6[C@H](OC(=O)/C=C/c7ccccc7)[C@@H]5[C@](O)(C[C@@H]6OC)[C@@H](C[C@H]23)[C@@H]14. The molecule has 7 heteroatoms. The number of methoxy groups -OCH3 is 3. The molecule has 1 aliphatic heterocycles. The number of ether oxygens (including phenoxy) is 4. The van der Waals surface area contributed by atoms with Crippen molar-refractivity contribution in [2.45, 2.75) is 69.0 Å². The van der Waals surface area contributed by atoms with E-state index in [2.05, 4.69) is 11.8 Å². The summed E-state index contributed by atoms with van der Waals surface area (Å²) >= 11 is 0. The largest absolute Gasteiger partial charge is 0.458 e. The molecule has 0 radical (unpaired) electrons. The van der Waals surface area contributed by atoms with Gasteiger partial charge in [0.2, 0.25) is 0 Å². The van der Waals surface area contributed by atoms with Crippen LogP contribution in [0.4, 0.5) is 0 Å². The zero-order valence-electron chi connectivity index (χ0n) is 24.3. The number of rotatable bonds is 8. The second-order valence-corrected chi connectivity index (χ2v) is 13.6. The number of aliphatic hydroxyl groups is 1. The minimum Gasteiger partial charge on any atom is -0.458 e. The van der Waals surface area contributed by atoms with Crippen LogP contribution < -0.4 is 0 Å². The van der Waals surface area contributed by atoms with Gasteiger partial charge in [0.05, 0.1) is 24.4 Å². The maximum atomic E-state index is 13.3. The van der Waals surface area contributed by atoms with E-state index in [1.54, 1.807) is 7.11 Å². The lowest BCUT2D eigenvalue weighted by atomic mass is 9.43. The van der Waals surface area contributed by atoms with E-state index in [1.807, 2.05) is 50.6 Å². The molecule has 218 valence electrons. The highest BCUT2D eigenvalue weighted by Crippen LogP contribution is 2.79. The molecule has 0 aromatic heterocycles. The predicted octanol–water partition coefficient (Wildman–Crippen LogP) is 3.80. The van der Waals surface area contributed by atoms with Crippen molar-refractivity contribution in [3.05, 3.63) is 42.0 Å². The number of benzene rings is 1. The van der Waals surface area contributed by atoms with Crippen molar-refractivity contribution in [1.82, 2.24) is 4.90 Å². The lowest BCUT2D eigenvalue weighted by molar-refractivity contribution is -0.277. The van der Waals surface area contributed by atoms with Crippen LogP contribution in [0, 0.1) is 40.4 Å². The van der Waals surface area contributed by atoms with Crippen LogP contribution in [-0.2, 0) is 23.7 Å². The van der Waals surface area contributed by atoms with Crippen molar-refractivity contribution in [2.24, 2.45) is 40.4 Å². The van der Waals surface area contributed by atoms with Gasteiger partial charge in [0.15, 0.2) is 0 Å². The van der Waals surface area contributed by atoms with E-state index in [9.17, 15) is 9.90 Å². The number of fused-ring (bicyclic) bond motifs is 2. The summed E-state index contributed by atoms with van der Waals surface area (Å²) in [6.45, 7) is 4.98. The first-order valence-electron chi connectivity index (χ1n) is 15.3. The Morgan fingerprint density at radius 3 is 2.62 bits per heavy atom. The molecule has 0 amide bonds. The van der Waals surface area contributed by atoms with E-state index in [-0.39, 0.29) is 64.8 Å². The van der Waals surface area contributed by atoms with Crippen molar-refractivity contribution in [1.29, 1.82) is 0 Å². The molecule has 6 fully saturated rings. The summed E-state index contributed by atoms with van der Waals surface area (Å²) in [6, 6.07) is 10.1. The Hall–Kier alpha value is -1.77. The molecule has 5 aliphatic carbocycles. The minimum absolute atomic E-state index is 0.0589. The summed E-state index contributed by atoms with van der Waals surface area (Å²) in [5, 5.41) is 12.9. The third-order valence-electron chi connectivity index (χ3n) is 12.6. The number of hydrogen-bond acceptors (Lipinski definition) is 7. The summed E-state index contributed by atoms with van der Waals surface area (Å²) in [7, 11) is 5.47. The molecule has 6 aliphatic rings. The van der Waals surface area contributed by atoms with Gasteiger partial charge in [-0.3, -0.25) is 4.90 Å². The van der Waals surface area contributed by atoms with Gasteiger partial charge in [0.25, 0.3) is 0 Å². The summed E-state index contributed by atoms with van der Waals surface area (Å²) in [5.41, 5.74) is -0.0262. The second kappa shape index (κ2) is 9.63. The molecule has 7 bridgehead atoms. The molecule has 0 unspecified atom stereocenters. The topological polar surface area (TPSA) is 77.5 Å². The molecule has 1 aromatic carbocycles. The maximum absolute atomic E-state index is 13.3. The van der Waals surface area contributed by atoms with Crippen LogP contribution in [0.25, 0.3) is 6.08 Å². The third-order valence-corrected chi connectivity index (χ3v) is 12.6. The fourth-order valence-corrected chi connectivity index (χ4v) is 11.7. The number of esters is 1. The van der Waals surface area contributed by atoms with E-state index in [4.69, 9.17) is 18.9 Å². The fraction of sp³-hybridized carbons (Fsp3) is 0.727. The first-order chi connectivity index (χ1) is 19.4. The van der Waals surface area contributed by atoms with E-state index in [0.29, 0.717) is 12.3 Å². The quantitative estimate of drug-likeness (QED) is 0.389. The predicted molar refractivity (Wildman–Crippen MR) is 150 cm³/mol. The molecule has 5 saturated carbocycles. The Labute approximate surface area is 238 Å². The second-order valence-electron chi connectivity index (χ2n) is 13.6. The number of likely N-dealkylation sites (tertiary alicyclic amines) is 1. The lowest BCUT2D eigenvalue weighted by Crippen LogP contribution is -2.76. The van der Waals surface area contributed by atoms with Gasteiger partial charge in [0.1, 0.15) is 6.10 Å². The highest BCUT2D eigenvalue weighted by molar-refractivity contribution is 5.87. The van der Waals surface area contributed by atoms with Crippen LogP contribution in [0.15, 0.2) is 36.4 Å². The van der Waals surface area contributed by atoms with Crippen LogP contribution in [0.2, 0.25) is 0 Å². The number of carbonyl (C=O) groups is 1. The number of hydrogen-bond donors (Lipinski definition) is 1. The van der Waals surface area contributed by atoms with Gasteiger partial charge in [-0.2, -0.15) is 0 Å². The summed E-state index contributed by atoms with van der Waals surface area (Å²) < 4.78 is 24.8. The van der Waals surface area contributed by atoms with Gasteiger partial charge >= 0.3 is 5.97 Å². The average molecular weight is 552 g/mol. The summed E-state index contributed by atoms with van der Waals surface area (Å²) in [4.78, 5) is 16.0. The normalized spacial score (nSPS) is 48.5. The molecule has 1 saturated heterocycles. The van der Waals surface area contributed by atoms with Crippen molar-refractivity contribution < 1.29 is 28.8 Å². The highest BCUT2D eigenvalue weighted by Gasteiger charge is 2.84.